The van der Waals surface area contributed by atoms with Crippen molar-refractivity contribution >= 4 is 50.4 Å². The number of anilines is 2. The minimum Gasteiger partial charge on any atom is -0.497 e. The quantitative estimate of drug-likeness (QED) is 0.277. The molecular formula is C27H20ClN3O2S. The predicted molar refractivity (Wildman–Crippen MR) is 141 cm³/mol. The van der Waals surface area contributed by atoms with Gasteiger partial charge >= 0.3 is 0 Å². The molecule has 0 radical (unpaired) electrons. The van der Waals surface area contributed by atoms with Crippen molar-refractivity contribution in [3.63, 3.8) is 0 Å². The smallest absolute Gasteiger partial charge is 0.267 e. The highest BCUT2D eigenvalue weighted by atomic mass is 35.5. The lowest BCUT2D eigenvalue weighted by molar-refractivity contribution is 0.103. The highest BCUT2D eigenvalue weighted by Crippen LogP contribution is 2.41. The van der Waals surface area contributed by atoms with Crippen molar-refractivity contribution in [2.24, 2.45) is 0 Å². The molecule has 0 saturated carbocycles. The lowest BCUT2D eigenvalue weighted by Crippen LogP contribution is -2.11. The molecule has 0 bridgehead atoms. The molecule has 2 aromatic heterocycles. The number of rotatable bonds is 5. The topological polar surface area (TPSA) is 77.2 Å². The number of ether oxygens (including phenoxy) is 1. The number of nitrogens with two attached hydrogens (primary N) is 1. The number of nitrogens with one attached hydrogen (secondary N) is 1. The van der Waals surface area contributed by atoms with Gasteiger partial charge in [-0.3, -0.25) is 4.79 Å². The second-order valence-corrected chi connectivity index (χ2v) is 9.07. The van der Waals surface area contributed by atoms with Gasteiger partial charge in [0.2, 0.25) is 0 Å². The van der Waals surface area contributed by atoms with Crippen molar-refractivity contribution in [2.45, 2.75) is 0 Å². The summed E-state index contributed by atoms with van der Waals surface area (Å²) in [6.07, 6.45) is 0. The van der Waals surface area contributed by atoms with E-state index in [1.807, 2.05) is 60.7 Å². The number of methoxy groups -OCH3 is 1. The zero-order valence-electron chi connectivity index (χ0n) is 18.2. The van der Waals surface area contributed by atoms with Gasteiger partial charge in [0.05, 0.1) is 18.5 Å². The van der Waals surface area contributed by atoms with Crippen molar-refractivity contribution < 1.29 is 9.53 Å². The summed E-state index contributed by atoms with van der Waals surface area (Å²) < 4.78 is 5.28. The van der Waals surface area contributed by atoms with E-state index in [0.717, 1.165) is 33.5 Å². The summed E-state index contributed by atoms with van der Waals surface area (Å²) in [7, 11) is 1.64. The van der Waals surface area contributed by atoms with E-state index in [1.54, 1.807) is 31.4 Å². The molecule has 1 amide bonds. The van der Waals surface area contributed by atoms with Gasteiger partial charge in [-0.2, -0.15) is 0 Å². The molecule has 0 saturated heterocycles. The highest BCUT2D eigenvalue weighted by molar-refractivity contribution is 7.21. The Morgan fingerprint density at radius 1 is 0.971 bits per heavy atom. The zero-order valence-corrected chi connectivity index (χ0v) is 19.8. The first-order valence-corrected chi connectivity index (χ1v) is 11.7. The number of hydrogen-bond donors (Lipinski definition) is 2. The number of amides is 1. The van der Waals surface area contributed by atoms with Crippen LogP contribution in [0.3, 0.4) is 0 Å². The Labute approximate surface area is 205 Å². The van der Waals surface area contributed by atoms with Gasteiger partial charge in [0.15, 0.2) is 0 Å². The number of carbonyl (C=O) groups is 1. The molecule has 3 N–H and O–H groups in total. The van der Waals surface area contributed by atoms with Gasteiger partial charge in [-0.25, -0.2) is 4.98 Å². The molecule has 7 heteroatoms. The summed E-state index contributed by atoms with van der Waals surface area (Å²) in [5, 5.41) is 4.19. The van der Waals surface area contributed by atoms with E-state index in [-0.39, 0.29) is 5.91 Å². The van der Waals surface area contributed by atoms with E-state index in [1.165, 1.54) is 11.3 Å². The third-order valence-corrected chi connectivity index (χ3v) is 6.79. The third kappa shape index (κ3) is 4.21. The minimum atomic E-state index is -0.298. The third-order valence-electron chi connectivity index (χ3n) is 5.46. The Hall–Kier alpha value is -3.87. The van der Waals surface area contributed by atoms with E-state index >= 15 is 0 Å². The average Bonchev–Trinajstić information content (AvgIpc) is 3.20. The number of benzene rings is 3. The maximum atomic E-state index is 13.1. The summed E-state index contributed by atoms with van der Waals surface area (Å²) in [5.74, 6) is 0.473. The van der Waals surface area contributed by atoms with Crippen LogP contribution in [-0.2, 0) is 0 Å². The maximum Gasteiger partial charge on any atom is 0.267 e. The number of nitrogens with zero attached hydrogens (tertiary/aromatic N) is 1. The molecule has 2 heterocycles. The van der Waals surface area contributed by atoms with Crippen LogP contribution in [0.2, 0.25) is 5.02 Å². The average molecular weight is 486 g/mol. The molecule has 3 aromatic carbocycles. The molecule has 5 rings (SSSR count). The zero-order chi connectivity index (χ0) is 23.7. The summed E-state index contributed by atoms with van der Waals surface area (Å²) in [6.45, 7) is 0. The number of hydrogen-bond acceptors (Lipinski definition) is 5. The molecule has 0 aliphatic rings. The first kappa shape index (κ1) is 21.9. The van der Waals surface area contributed by atoms with Crippen molar-refractivity contribution in [1.29, 1.82) is 0 Å². The molecule has 0 atom stereocenters. The summed E-state index contributed by atoms with van der Waals surface area (Å²) in [4.78, 5) is 19.1. The molecule has 5 aromatic rings. The van der Waals surface area contributed by atoms with Crippen LogP contribution in [0.5, 0.6) is 5.75 Å². The fraction of sp³-hybridized carbons (Fsp3) is 0.0370. The second kappa shape index (κ2) is 9.17. The Morgan fingerprint density at radius 3 is 2.44 bits per heavy atom. The van der Waals surface area contributed by atoms with Crippen LogP contribution in [-0.4, -0.2) is 18.0 Å². The monoisotopic (exact) mass is 485 g/mol. The number of halogens is 1. The molecule has 0 spiro atoms. The summed E-state index contributed by atoms with van der Waals surface area (Å²) in [5.41, 5.74) is 11.2. The second-order valence-electron chi connectivity index (χ2n) is 7.64. The van der Waals surface area contributed by atoms with Gasteiger partial charge in [0.25, 0.3) is 5.91 Å². The van der Waals surface area contributed by atoms with E-state index in [2.05, 4.69) is 5.32 Å². The summed E-state index contributed by atoms with van der Waals surface area (Å²) >= 11 is 7.34. The highest BCUT2D eigenvalue weighted by Gasteiger charge is 2.22. The molecule has 5 nitrogen and oxygen atoms in total. The molecular weight excluding hydrogens is 466 g/mol. The molecule has 0 aliphatic carbocycles. The Balaban J connectivity index is 1.65. The van der Waals surface area contributed by atoms with Gasteiger partial charge in [-0.05, 0) is 59.7 Å². The van der Waals surface area contributed by atoms with E-state index < -0.39 is 0 Å². The maximum absolute atomic E-state index is 13.1. The van der Waals surface area contributed by atoms with Gasteiger partial charge in [-0.1, -0.05) is 48.0 Å². The van der Waals surface area contributed by atoms with Crippen molar-refractivity contribution in [1.82, 2.24) is 4.98 Å². The van der Waals surface area contributed by atoms with Crippen LogP contribution >= 0.6 is 22.9 Å². The Kier molecular flexibility index (Phi) is 5.92. The van der Waals surface area contributed by atoms with Crippen LogP contribution < -0.4 is 15.8 Å². The molecule has 0 fully saturated rings. The van der Waals surface area contributed by atoms with Crippen molar-refractivity contribution in [3.05, 3.63) is 94.8 Å². The predicted octanol–water partition coefficient (Wildman–Crippen LogP) is 7.13. The van der Waals surface area contributed by atoms with E-state index in [4.69, 9.17) is 27.1 Å². The molecule has 168 valence electrons. The normalized spacial score (nSPS) is 10.9. The summed E-state index contributed by atoms with van der Waals surface area (Å²) in [6, 6.07) is 26.7. The SMILES string of the molecule is COc1ccc(-c2cc(-c3ccccc3)c3c(N)c(C(=O)Nc4cccc(Cl)c4)sc3n2)cc1. The number of aromatic nitrogens is 1. The largest absolute Gasteiger partial charge is 0.497 e. The first-order valence-electron chi connectivity index (χ1n) is 10.5. The number of fused-ring (bicyclic) bond motifs is 1. The van der Waals surface area contributed by atoms with Crippen LogP contribution in [0.15, 0.2) is 84.9 Å². The fourth-order valence-corrected chi connectivity index (χ4v) is 5.00. The van der Waals surface area contributed by atoms with Crippen LogP contribution in [0, 0.1) is 0 Å². The van der Waals surface area contributed by atoms with E-state index in [0.29, 0.717) is 26.1 Å². The Bertz CT molecular complexity index is 1500. The number of thiophene rings is 1. The fourth-order valence-electron chi connectivity index (χ4n) is 3.80. The van der Waals surface area contributed by atoms with Crippen LogP contribution in [0.4, 0.5) is 11.4 Å². The van der Waals surface area contributed by atoms with Crippen molar-refractivity contribution in [2.75, 3.05) is 18.2 Å². The van der Waals surface area contributed by atoms with Gasteiger partial charge in [0, 0.05) is 21.7 Å². The molecule has 0 aliphatic heterocycles. The molecule has 34 heavy (non-hydrogen) atoms. The first-order chi connectivity index (χ1) is 16.5. The standard InChI is InChI=1S/C27H20ClN3O2S/c1-33-20-12-10-17(11-13-20)22-15-21(16-6-3-2-4-7-16)23-24(29)25(34-27(23)31-22)26(32)30-19-9-5-8-18(28)14-19/h2-15H,29H2,1H3,(H,30,32). The van der Waals surface area contributed by atoms with E-state index in [9.17, 15) is 4.79 Å². The lowest BCUT2D eigenvalue weighted by Gasteiger charge is -2.09. The Morgan fingerprint density at radius 2 is 1.74 bits per heavy atom. The van der Waals surface area contributed by atoms with Gasteiger partial charge in [0.1, 0.15) is 15.5 Å². The number of pyridine rings is 1. The lowest BCUT2D eigenvalue weighted by atomic mass is 9.99. The van der Waals surface area contributed by atoms with Crippen molar-refractivity contribution in [3.8, 4) is 28.1 Å². The van der Waals surface area contributed by atoms with Crippen LogP contribution in [0.1, 0.15) is 9.67 Å². The number of carbonyl (C=O) groups excluding carboxylic acids is 1. The van der Waals surface area contributed by atoms with Gasteiger partial charge in [-0.15, -0.1) is 11.3 Å². The van der Waals surface area contributed by atoms with Crippen LogP contribution in [0.25, 0.3) is 32.6 Å². The minimum absolute atomic E-state index is 0.298. The van der Waals surface area contributed by atoms with Gasteiger partial charge < -0.3 is 15.8 Å². The molecule has 0 unspecified atom stereocenters. The number of nitrogen functional groups attached to an aromatic ring is 1.